The van der Waals surface area contributed by atoms with Gasteiger partial charge in [-0.25, -0.2) is 0 Å². The third-order valence-electron chi connectivity index (χ3n) is 3.83. The second-order valence-corrected chi connectivity index (χ2v) is 5.52. The second-order valence-electron chi connectivity index (χ2n) is 5.08. The maximum Gasteiger partial charge on any atom is 0.192 e. The summed E-state index contributed by atoms with van der Waals surface area (Å²) < 4.78 is 0. The lowest BCUT2D eigenvalue weighted by atomic mass is 9.89. The van der Waals surface area contributed by atoms with E-state index in [1.54, 1.807) is 0 Å². The Morgan fingerprint density at radius 3 is 2.61 bits per heavy atom. The Morgan fingerprint density at radius 2 is 2.06 bits per heavy atom. The van der Waals surface area contributed by atoms with E-state index in [9.17, 15) is 0 Å². The van der Waals surface area contributed by atoms with Gasteiger partial charge in [-0.3, -0.25) is 4.99 Å². The molecule has 1 aromatic carbocycles. The maximum absolute atomic E-state index is 6.05. The molecule has 0 amide bonds. The van der Waals surface area contributed by atoms with Crippen LogP contribution in [0.2, 0.25) is 5.02 Å². The Bertz CT molecular complexity index is 455. The van der Waals surface area contributed by atoms with Crippen LogP contribution < -0.4 is 5.73 Å². The van der Waals surface area contributed by atoms with Crippen LogP contribution in [-0.2, 0) is 5.54 Å². The van der Waals surface area contributed by atoms with Crippen molar-refractivity contribution in [3.63, 3.8) is 0 Å². The van der Waals surface area contributed by atoms with Gasteiger partial charge in [-0.05, 0) is 38.0 Å². The van der Waals surface area contributed by atoms with E-state index in [0.29, 0.717) is 18.5 Å². The van der Waals surface area contributed by atoms with Crippen LogP contribution in [0, 0.1) is 0 Å². The molecule has 98 valence electrons. The van der Waals surface area contributed by atoms with Crippen molar-refractivity contribution in [2.75, 3.05) is 6.54 Å². The molecule has 0 aliphatic carbocycles. The molecule has 0 aromatic heterocycles. The van der Waals surface area contributed by atoms with Crippen molar-refractivity contribution in [2.24, 2.45) is 10.7 Å². The summed E-state index contributed by atoms with van der Waals surface area (Å²) >= 11 is 5.95. The molecule has 18 heavy (non-hydrogen) atoms. The average molecular weight is 266 g/mol. The third-order valence-corrected chi connectivity index (χ3v) is 4.08. The quantitative estimate of drug-likeness (QED) is 0.913. The first-order valence-corrected chi connectivity index (χ1v) is 6.72. The molecule has 0 fully saturated rings. The van der Waals surface area contributed by atoms with Crippen LogP contribution in [0.1, 0.15) is 32.8 Å². The van der Waals surface area contributed by atoms with Crippen LogP contribution in [0.4, 0.5) is 0 Å². The first-order chi connectivity index (χ1) is 8.49. The van der Waals surface area contributed by atoms with Gasteiger partial charge >= 0.3 is 0 Å². The lowest BCUT2D eigenvalue weighted by molar-refractivity contribution is 0.171. The Kier molecular flexibility index (Phi) is 3.53. The third kappa shape index (κ3) is 2.07. The van der Waals surface area contributed by atoms with Crippen LogP contribution in [0.3, 0.4) is 0 Å². The number of nitrogens with two attached hydrogens (primary N) is 1. The van der Waals surface area contributed by atoms with Gasteiger partial charge in [-0.2, -0.15) is 0 Å². The van der Waals surface area contributed by atoms with Gasteiger partial charge in [0.2, 0.25) is 0 Å². The highest BCUT2D eigenvalue weighted by Gasteiger charge is 2.41. The number of hydrogen-bond donors (Lipinski definition) is 1. The van der Waals surface area contributed by atoms with Crippen LogP contribution in [-0.4, -0.2) is 23.4 Å². The number of benzene rings is 1. The Hall–Kier alpha value is -1.22. The molecule has 2 N–H and O–H groups in total. The molecule has 4 heteroatoms. The topological polar surface area (TPSA) is 41.6 Å². The van der Waals surface area contributed by atoms with E-state index in [0.717, 1.165) is 11.4 Å². The summed E-state index contributed by atoms with van der Waals surface area (Å²) in [6, 6.07) is 8.34. The number of nitrogens with zero attached hydrogens (tertiary/aromatic N) is 2. The number of hydrogen-bond acceptors (Lipinski definition) is 3. The summed E-state index contributed by atoms with van der Waals surface area (Å²) in [6.45, 7) is 7.23. The summed E-state index contributed by atoms with van der Waals surface area (Å²) in [6.07, 6.45) is 1.04. The van der Waals surface area contributed by atoms with Gasteiger partial charge in [0.05, 0.1) is 12.1 Å². The molecule has 1 aliphatic rings. The molecule has 3 nitrogen and oxygen atoms in total. The summed E-state index contributed by atoms with van der Waals surface area (Å²) in [5, 5.41) is 0.754. The molecule has 0 saturated carbocycles. The van der Waals surface area contributed by atoms with E-state index >= 15 is 0 Å². The van der Waals surface area contributed by atoms with Crippen molar-refractivity contribution >= 4 is 17.6 Å². The van der Waals surface area contributed by atoms with Crippen molar-refractivity contribution in [1.82, 2.24) is 4.90 Å². The highest BCUT2D eigenvalue weighted by molar-refractivity contribution is 6.30. The SMILES string of the molecule is CCC(C)N1C(N)=NCC1(C)c1ccc(Cl)cc1. The summed E-state index contributed by atoms with van der Waals surface area (Å²) in [5.74, 6) is 0.641. The smallest absolute Gasteiger partial charge is 0.192 e. The second kappa shape index (κ2) is 4.81. The minimum absolute atomic E-state index is 0.163. The van der Waals surface area contributed by atoms with Gasteiger partial charge in [0.1, 0.15) is 0 Å². The zero-order valence-corrected chi connectivity index (χ0v) is 11.9. The largest absolute Gasteiger partial charge is 0.370 e. The van der Waals surface area contributed by atoms with Gasteiger partial charge in [0.15, 0.2) is 5.96 Å². The van der Waals surface area contributed by atoms with Crippen LogP contribution in [0.5, 0.6) is 0 Å². The lowest BCUT2D eigenvalue weighted by Crippen LogP contribution is -2.51. The Morgan fingerprint density at radius 1 is 1.44 bits per heavy atom. The van der Waals surface area contributed by atoms with Crippen molar-refractivity contribution in [1.29, 1.82) is 0 Å². The van der Waals surface area contributed by atoms with Gasteiger partial charge < -0.3 is 10.6 Å². The summed E-state index contributed by atoms with van der Waals surface area (Å²) in [5.41, 5.74) is 7.09. The molecule has 0 saturated heterocycles. The predicted molar refractivity (Wildman–Crippen MR) is 76.9 cm³/mol. The standard InChI is InChI=1S/C14H20ClN3/c1-4-10(2)18-13(16)17-9-14(18,3)11-5-7-12(15)8-6-11/h5-8,10H,4,9H2,1-3H3,(H2,16,17). The molecule has 0 spiro atoms. The predicted octanol–water partition coefficient (Wildman–Crippen LogP) is 2.98. The van der Waals surface area contributed by atoms with E-state index in [1.807, 2.05) is 12.1 Å². The zero-order valence-electron chi connectivity index (χ0n) is 11.2. The first-order valence-electron chi connectivity index (χ1n) is 6.34. The molecule has 1 aliphatic heterocycles. The van der Waals surface area contributed by atoms with Gasteiger partial charge in [-0.1, -0.05) is 30.7 Å². The van der Waals surface area contributed by atoms with E-state index in [-0.39, 0.29) is 5.54 Å². The fourth-order valence-corrected chi connectivity index (χ4v) is 2.70. The number of aliphatic imine (C=N–C) groups is 1. The fraction of sp³-hybridized carbons (Fsp3) is 0.500. The molecular formula is C14H20ClN3. The highest BCUT2D eigenvalue weighted by atomic mass is 35.5. The molecule has 1 heterocycles. The van der Waals surface area contributed by atoms with Crippen molar-refractivity contribution in [3.8, 4) is 0 Å². The van der Waals surface area contributed by atoms with E-state index in [1.165, 1.54) is 5.56 Å². The molecular weight excluding hydrogens is 246 g/mol. The maximum atomic E-state index is 6.05. The average Bonchev–Trinajstić information content (AvgIpc) is 2.66. The van der Waals surface area contributed by atoms with Crippen LogP contribution >= 0.6 is 11.6 Å². The lowest BCUT2D eigenvalue weighted by Gasteiger charge is -2.40. The van der Waals surface area contributed by atoms with Crippen molar-refractivity contribution in [2.45, 2.75) is 38.8 Å². The van der Waals surface area contributed by atoms with Gasteiger partial charge in [0, 0.05) is 11.1 Å². The summed E-state index contributed by atoms with van der Waals surface area (Å²) in [4.78, 5) is 6.64. The Labute approximate surface area is 114 Å². The minimum Gasteiger partial charge on any atom is -0.370 e. The number of halogens is 1. The van der Waals surface area contributed by atoms with Crippen molar-refractivity contribution in [3.05, 3.63) is 34.9 Å². The molecule has 2 unspecified atom stereocenters. The van der Waals surface area contributed by atoms with Crippen molar-refractivity contribution < 1.29 is 0 Å². The van der Waals surface area contributed by atoms with Gasteiger partial charge in [0.25, 0.3) is 0 Å². The van der Waals surface area contributed by atoms with E-state index < -0.39 is 0 Å². The highest BCUT2D eigenvalue weighted by Crippen LogP contribution is 2.35. The molecule has 2 rings (SSSR count). The normalized spacial score (nSPS) is 25.1. The monoisotopic (exact) mass is 265 g/mol. The number of rotatable bonds is 3. The van der Waals surface area contributed by atoms with E-state index in [2.05, 4.69) is 42.8 Å². The molecule has 0 radical (unpaired) electrons. The molecule has 0 bridgehead atoms. The van der Waals surface area contributed by atoms with Gasteiger partial charge in [-0.15, -0.1) is 0 Å². The zero-order chi connectivity index (χ0) is 13.3. The summed E-state index contributed by atoms with van der Waals surface area (Å²) in [7, 11) is 0. The fourth-order valence-electron chi connectivity index (χ4n) is 2.57. The minimum atomic E-state index is -0.163. The first kappa shape index (κ1) is 13.2. The number of guanidine groups is 1. The van der Waals surface area contributed by atoms with Crippen LogP contribution in [0.25, 0.3) is 0 Å². The Balaban J connectivity index is 2.38. The van der Waals surface area contributed by atoms with Crippen LogP contribution in [0.15, 0.2) is 29.3 Å². The molecule has 2 atom stereocenters. The molecule has 1 aromatic rings. The van der Waals surface area contributed by atoms with E-state index in [4.69, 9.17) is 17.3 Å².